The Labute approximate surface area is 66.8 Å². The number of halogens is 5. The largest absolute Gasteiger partial charge is 0.244 e. The molecule has 0 bridgehead atoms. The van der Waals surface area contributed by atoms with Crippen molar-refractivity contribution in [1.82, 2.24) is 0 Å². The molecule has 1 aliphatic carbocycles. The number of hydrogen-bond donors (Lipinski definition) is 0. The van der Waals surface area contributed by atoms with Gasteiger partial charge in [0.05, 0.1) is 7.85 Å². The lowest BCUT2D eigenvalue weighted by Gasteiger charge is -2.26. The zero-order valence-corrected chi connectivity index (χ0v) is 5.78. The van der Waals surface area contributed by atoms with E-state index in [-0.39, 0.29) is 0 Å². The van der Waals surface area contributed by atoms with Crippen LogP contribution in [0.2, 0.25) is 5.82 Å². The second-order valence-electron chi connectivity index (χ2n) is 2.51. The summed E-state index contributed by atoms with van der Waals surface area (Å²) in [5.41, 5.74) is 0. The number of rotatable bonds is 0. The molecule has 0 saturated heterocycles. The molecule has 2 radical (unpaired) electrons. The molecule has 0 saturated carbocycles. The summed E-state index contributed by atoms with van der Waals surface area (Å²) in [5.74, 6) is -5.72. The summed E-state index contributed by atoms with van der Waals surface area (Å²) >= 11 is 0. The van der Waals surface area contributed by atoms with E-state index >= 15 is 0 Å². The van der Waals surface area contributed by atoms with Gasteiger partial charge in [-0.2, -0.15) is 0 Å². The van der Waals surface area contributed by atoms with Crippen LogP contribution in [-0.2, 0) is 0 Å². The zero-order chi connectivity index (χ0) is 9.46. The van der Waals surface area contributed by atoms with Crippen molar-refractivity contribution in [2.45, 2.75) is 24.3 Å². The highest BCUT2D eigenvalue weighted by molar-refractivity contribution is 6.14. The molecule has 0 N–H and O–H groups in total. The van der Waals surface area contributed by atoms with Gasteiger partial charge in [-0.05, 0) is 0 Å². The van der Waals surface area contributed by atoms with Crippen molar-refractivity contribution in [3.63, 3.8) is 0 Å². The van der Waals surface area contributed by atoms with Gasteiger partial charge in [-0.3, -0.25) is 0 Å². The maximum atomic E-state index is 12.5. The summed E-state index contributed by atoms with van der Waals surface area (Å²) in [6, 6.07) is 0. The molecule has 4 atom stereocenters. The van der Waals surface area contributed by atoms with Crippen LogP contribution in [0.3, 0.4) is 0 Å². The molecule has 0 aromatic carbocycles. The van der Waals surface area contributed by atoms with Crippen LogP contribution >= 0.6 is 0 Å². The van der Waals surface area contributed by atoms with Crippen LogP contribution in [-0.4, -0.2) is 26.4 Å². The van der Waals surface area contributed by atoms with Gasteiger partial charge in [-0.25, -0.2) is 22.0 Å². The molecule has 1 aliphatic rings. The molecular weight excluding hydrogens is 178 g/mol. The molecule has 0 aromatic rings. The maximum Gasteiger partial charge on any atom is 0.188 e. The number of hydrogen-bond acceptors (Lipinski definition) is 0. The summed E-state index contributed by atoms with van der Waals surface area (Å²) < 4.78 is 61.8. The van der Waals surface area contributed by atoms with Gasteiger partial charge in [0, 0.05) is 5.82 Å². The molecule has 12 heavy (non-hydrogen) atoms. The molecule has 0 aromatic heterocycles. The van der Waals surface area contributed by atoms with Crippen molar-refractivity contribution in [3.05, 3.63) is 11.7 Å². The van der Waals surface area contributed by atoms with E-state index in [0.717, 1.165) is 0 Å². The molecule has 66 valence electrons. The van der Waals surface area contributed by atoms with E-state index in [1.54, 1.807) is 0 Å². The van der Waals surface area contributed by atoms with E-state index in [0.29, 0.717) is 0 Å². The van der Waals surface area contributed by atoms with Crippen LogP contribution in [0.1, 0.15) is 0 Å². The van der Waals surface area contributed by atoms with Crippen molar-refractivity contribution in [2.24, 2.45) is 0 Å². The van der Waals surface area contributed by atoms with E-state index in [2.05, 4.69) is 0 Å². The Hall–Kier alpha value is -0.545. The molecule has 0 spiro atoms. The van der Waals surface area contributed by atoms with Gasteiger partial charge in [0.25, 0.3) is 0 Å². The highest BCUT2D eigenvalue weighted by atomic mass is 19.2. The smallest absolute Gasteiger partial charge is 0.188 e. The van der Waals surface area contributed by atoms with Gasteiger partial charge in [0.1, 0.15) is 12.0 Å². The average molecular weight is 182 g/mol. The van der Waals surface area contributed by atoms with Gasteiger partial charge in [-0.1, -0.05) is 0 Å². The Bertz CT molecular complexity index is 194. The number of allylic oxidation sites excluding steroid dienone is 2. The Kier molecular flexibility index (Phi) is 2.44. The van der Waals surface area contributed by atoms with E-state index < -0.39 is 36.0 Å². The minimum Gasteiger partial charge on any atom is -0.244 e. The second kappa shape index (κ2) is 3.07. The minimum absolute atomic E-state index is 1.75. The number of alkyl halides is 3. The monoisotopic (exact) mass is 182 g/mol. The van der Waals surface area contributed by atoms with E-state index in [1.165, 1.54) is 0 Å². The van der Waals surface area contributed by atoms with Crippen molar-refractivity contribution in [2.75, 3.05) is 0 Å². The van der Waals surface area contributed by atoms with Gasteiger partial charge >= 0.3 is 0 Å². The third-order valence-corrected chi connectivity index (χ3v) is 1.69. The molecule has 4 unspecified atom stereocenters. The Morgan fingerprint density at radius 1 is 0.917 bits per heavy atom. The third kappa shape index (κ3) is 1.23. The predicted molar refractivity (Wildman–Crippen MR) is 33.4 cm³/mol. The lowest BCUT2D eigenvalue weighted by Crippen LogP contribution is -2.37. The van der Waals surface area contributed by atoms with Gasteiger partial charge in [0.2, 0.25) is 0 Å². The maximum absolute atomic E-state index is 12.5. The van der Waals surface area contributed by atoms with Crippen LogP contribution < -0.4 is 0 Å². The Balaban J connectivity index is 3.00. The molecule has 6 heteroatoms. The fourth-order valence-electron chi connectivity index (χ4n) is 0.930. The van der Waals surface area contributed by atoms with Gasteiger partial charge in [0.15, 0.2) is 18.2 Å². The van der Waals surface area contributed by atoms with Crippen molar-refractivity contribution < 1.29 is 22.0 Å². The molecular formula is C6H4BF5. The lowest BCUT2D eigenvalue weighted by molar-refractivity contribution is 0.0668. The first-order valence-electron chi connectivity index (χ1n) is 3.19. The fourth-order valence-corrected chi connectivity index (χ4v) is 0.930. The SMILES string of the molecule is [B]C1C(F)=C(F)C(F)C(F)C1F. The van der Waals surface area contributed by atoms with Crippen LogP contribution in [0.5, 0.6) is 0 Å². The van der Waals surface area contributed by atoms with Crippen molar-refractivity contribution >= 4 is 7.85 Å². The summed E-state index contributed by atoms with van der Waals surface area (Å²) in [6.45, 7) is 0. The zero-order valence-electron chi connectivity index (χ0n) is 5.78. The van der Waals surface area contributed by atoms with Crippen LogP contribution in [0.25, 0.3) is 0 Å². The van der Waals surface area contributed by atoms with Gasteiger partial charge < -0.3 is 0 Å². The Morgan fingerprint density at radius 2 is 1.42 bits per heavy atom. The summed E-state index contributed by atoms with van der Waals surface area (Å²) in [4.78, 5) is 0. The minimum atomic E-state index is -2.88. The van der Waals surface area contributed by atoms with Crippen LogP contribution in [0, 0.1) is 0 Å². The second-order valence-corrected chi connectivity index (χ2v) is 2.51. The van der Waals surface area contributed by atoms with Crippen LogP contribution in [0.4, 0.5) is 22.0 Å². The molecule has 0 heterocycles. The molecule has 1 rings (SSSR count). The molecule has 0 amide bonds. The summed E-state index contributed by atoms with van der Waals surface area (Å²) in [5, 5.41) is 0. The normalized spacial score (nSPS) is 43.4. The van der Waals surface area contributed by atoms with E-state index in [4.69, 9.17) is 7.85 Å². The summed E-state index contributed by atoms with van der Waals surface area (Å²) in [7, 11) is 4.71. The highest BCUT2D eigenvalue weighted by Gasteiger charge is 2.44. The van der Waals surface area contributed by atoms with E-state index in [9.17, 15) is 22.0 Å². The van der Waals surface area contributed by atoms with Crippen LogP contribution in [0.15, 0.2) is 11.7 Å². The molecule has 0 nitrogen and oxygen atoms in total. The fraction of sp³-hybridized carbons (Fsp3) is 0.667. The first kappa shape index (κ1) is 9.54. The van der Waals surface area contributed by atoms with Gasteiger partial charge in [-0.15, -0.1) is 0 Å². The van der Waals surface area contributed by atoms with E-state index in [1.807, 2.05) is 0 Å². The summed E-state index contributed by atoms with van der Waals surface area (Å²) in [6.07, 6.45) is -8.13. The molecule has 0 fully saturated rings. The Morgan fingerprint density at radius 3 is 1.92 bits per heavy atom. The quantitative estimate of drug-likeness (QED) is 0.397. The standard InChI is InChI=1S/C6H4BF5/c7-1-2(8)4(10)6(12)5(11)3(1)9/h1-2,4,6H. The molecule has 0 aliphatic heterocycles. The van der Waals surface area contributed by atoms with Crippen molar-refractivity contribution in [1.29, 1.82) is 0 Å². The highest BCUT2D eigenvalue weighted by Crippen LogP contribution is 2.39. The lowest BCUT2D eigenvalue weighted by atomic mass is 9.76. The topological polar surface area (TPSA) is 0 Å². The first-order chi connectivity index (χ1) is 5.46. The van der Waals surface area contributed by atoms with Crippen molar-refractivity contribution in [3.8, 4) is 0 Å². The predicted octanol–water partition coefficient (Wildman–Crippen LogP) is 2.12. The third-order valence-electron chi connectivity index (χ3n) is 1.69. The first-order valence-corrected chi connectivity index (χ1v) is 3.19. The average Bonchev–Trinajstić information content (AvgIpc) is 2.08.